The molecule has 0 amide bonds. The maximum absolute atomic E-state index is 11.5. The molecule has 0 aliphatic carbocycles. The maximum Gasteiger partial charge on any atom is 0.356 e. The van der Waals surface area contributed by atoms with Gasteiger partial charge >= 0.3 is 5.97 Å². The molecule has 1 aliphatic heterocycles. The number of hydrogen-bond acceptors (Lipinski definition) is 4. The summed E-state index contributed by atoms with van der Waals surface area (Å²) in [6, 6.07) is 5.28. The Labute approximate surface area is 116 Å². The van der Waals surface area contributed by atoms with Gasteiger partial charge < -0.3 is 9.51 Å². The largest absolute Gasteiger partial charge is 0.476 e. The Morgan fingerprint density at radius 2 is 2.00 bits per heavy atom. The van der Waals surface area contributed by atoms with Gasteiger partial charge in [0.05, 0.1) is 17.0 Å². The lowest BCUT2D eigenvalue weighted by atomic mass is 10.0. The van der Waals surface area contributed by atoms with Crippen molar-refractivity contribution in [3.05, 3.63) is 35.9 Å². The molecule has 1 saturated heterocycles. The standard InChI is InChI=1S/C13H14N2O4S/c16-13(17)11-10-3-1-2-6-15(10)12(14-11)9-4-7-20(18,19)8-5-9/h1-3,6,9H,4-5,7-8H2,(H,16,17). The Morgan fingerprint density at radius 1 is 1.30 bits per heavy atom. The molecule has 1 fully saturated rings. The molecule has 3 heterocycles. The lowest BCUT2D eigenvalue weighted by Gasteiger charge is -2.20. The highest BCUT2D eigenvalue weighted by Gasteiger charge is 2.29. The first-order valence-electron chi connectivity index (χ1n) is 6.38. The topological polar surface area (TPSA) is 88.7 Å². The molecule has 106 valence electrons. The fraction of sp³-hybridized carbons (Fsp3) is 0.385. The van der Waals surface area contributed by atoms with E-state index in [1.807, 2.05) is 6.07 Å². The summed E-state index contributed by atoms with van der Waals surface area (Å²) in [5.74, 6) is -0.151. The summed E-state index contributed by atoms with van der Waals surface area (Å²) in [7, 11) is -2.94. The van der Waals surface area contributed by atoms with Gasteiger partial charge in [-0.05, 0) is 25.0 Å². The van der Waals surface area contributed by atoms with Crippen molar-refractivity contribution in [2.45, 2.75) is 18.8 Å². The Hall–Kier alpha value is -1.89. The highest BCUT2D eigenvalue weighted by atomic mass is 32.2. The lowest BCUT2D eigenvalue weighted by Crippen LogP contribution is -2.23. The van der Waals surface area contributed by atoms with Gasteiger partial charge in [-0.2, -0.15) is 0 Å². The second-order valence-electron chi connectivity index (χ2n) is 5.01. The fourth-order valence-electron chi connectivity index (χ4n) is 2.66. The number of sulfone groups is 1. The van der Waals surface area contributed by atoms with Crippen molar-refractivity contribution < 1.29 is 18.3 Å². The number of carboxylic acids is 1. The van der Waals surface area contributed by atoms with Gasteiger partial charge in [0.25, 0.3) is 0 Å². The molecule has 3 rings (SSSR count). The molecule has 1 N–H and O–H groups in total. The molecule has 20 heavy (non-hydrogen) atoms. The van der Waals surface area contributed by atoms with Gasteiger partial charge in [-0.1, -0.05) is 6.07 Å². The molecule has 0 unspecified atom stereocenters. The van der Waals surface area contributed by atoms with Crippen LogP contribution in [0.4, 0.5) is 0 Å². The summed E-state index contributed by atoms with van der Waals surface area (Å²) < 4.78 is 24.7. The number of nitrogens with zero attached hydrogens (tertiary/aromatic N) is 2. The normalized spacial score (nSPS) is 19.2. The number of rotatable bonds is 2. The first-order valence-corrected chi connectivity index (χ1v) is 8.21. The van der Waals surface area contributed by atoms with E-state index >= 15 is 0 Å². The summed E-state index contributed by atoms with van der Waals surface area (Å²) in [4.78, 5) is 15.5. The molecule has 0 bridgehead atoms. The van der Waals surface area contributed by atoms with E-state index in [0.29, 0.717) is 24.2 Å². The van der Waals surface area contributed by atoms with E-state index in [-0.39, 0.29) is 23.1 Å². The molecular formula is C13H14N2O4S. The summed E-state index contributed by atoms with van der Waals surface area (Å²) in [6.07, 6.45) is 2.76. The van der Waals surface area contributed by atoms with Crippen molar-refractivity contribution in [2.75, 3.05) is 11.5 Å². The molecule has 2 aromatic rings. The molecule has 7 heteroatoms. The second kappa shape index (κ2) is 4.59. The van der Waals surface area contributed by atoms with Gasteiger partial charge in [0.15, 0.2) is 5.69 Å². The lowest BCUT2D eigenvalue weighted by molar-refractivity contribution is 0.0693. The van der Waals surface area contributed by atoms with Crippen LogP contribution < -0.4 is 0 Å². The molecule has 2 aromatic heterocycles. The molecule has 0 aromatic carbocycles. The second-order valence-corrected chi connectivity index (χ2v) is 7.31. The van der Waals surface area contributed by atoms with E-state index in [9.17, 15) is 18.3 Å². The van der Waals surface area contributed by atoms with Crippen molar-refractivity contribution in [1.29, 1.82) is 0 Å². The van der Waals surface area contributed by atoms with Gasteiger partial charge in [-0.25, -0.2) is 18.2 Å². The van der Waals surface area contributed by atoms with Crippen molar-refractivity contribution in [3.8, 4) is 0 Å². The van der Waals surface area contributed by atoms with Gasteiger partial charge in [-0.3, -0.25) is 0 Å². The maximum atomic E-state index is 11.5. The summed E-state index contributed by atoms with van der Waals surface area (Å²) in [6.45, 7) is 0. The SMILES string of the molecule is O=C(O)c1nc(C2CCS(=O)(=O)CC2)n2ccccc12. The van der Waals surface area contributed by atoms with Crippen LogP contribution in [0.5, 0.6) is 0 Å². The quantitative estimate of drug-likeness (QED) is 0.902. The van der Waals surface area contributed by atoms with Crippen LogP contribution in [0.2, 0.25) is 0 Å². The minimum absolute atomic E-state index is 0.0125. The molecule has 0 radical (unpaired) electrons. The summed E-state index contributed by atoms with van der Waals surface area (Å²) >= 11 is 0. The zero-order chi connectivity index (χ0) is 14.3. The highest BCUT2D eigenvalue weighted by molar-refractivity contribution is 7.91. The third kappa shape index (κ3) is 2.18. The number of aromatic carboxylic acids is 1. The van der Waals surface area contributed by atoms with E-state index in [2.05, 4.69) is 4.98 Å². The first kappa shape index (κ1) is 13.1. The minimum Gasteiger partial charge on any atom is -0.476 e. The Kier molecular flexibility index (Phi) is 3.01. The zero-order valence-corrected chi connectivity index (χ0v) is 11.5. The molecule has 1 aliphatic rings. The summed E-state index contributed by atoms with van der Waals surface area (Å²) in [5.41, 5.74) is 0.567. The van der Waals surface area contributed by atoms with Gasteiger partial charge in [0, 0.05) is 12.1 Å². The molecule has 6 nitrogen and oxygen atoms in total. The Morgan fingerprint density at radius 3 is 2.65 bits per heavy atom. The van der Waals surface area contributed by atoms with Gasteiger partial charge in [0.1, 0.15) is 15.7 Å². The predicted octanol–water partition coefficient (Wildman–Crippen LogP) is 1.32. The minimum atomic E-state index is -2.94. The van der Waals surface area contributed by atoms with E-state index in [0.717, 1.165) is 0 Å². The highest BCUT2D eigenvalue weighted by Crippen LogP contribution is 2.30. The molecule has 0 atom stereocenters. The van der Waals surface area contributed by atoms with Crippen LogP contribution in [-0.4, -0.2) is 40.4 Å². The molecular weight excluding hydrogens is 280 g/mol. The zero-order valence-electron chi connectivity index (χ0n) is 10.7. The van der Waals surface area contributed by atoms with Crippen LogP contribution in [-0.2, 0) is 9.84 Å². The van der Waals surface area contributed by atoms with Crippen molar-refractivity contribution >= 4 is 21.3 Å². The summed E-state index contributed by atoms with van der Waals surface area (Å²) in [5, 5.41) is 9.21. The fourth-order valence-corrected chi connectivity index (χ4v) is 4.15. The van der Waals surface area contributed by atoms with Gasteiger partial charge in [0.2, 0.25) is 0 Å². The van der Waals surface area contributed by atoms with E-state index in [4.69, 9.17) is 0 Å². The third-order valence-electron chi connectivity index (χ3n) is 3.70. The first-order chi connectivity index (χ1) is 9.48. The monoisotopic (exact) mass is 294 g/mol. The van der Waals surface area contributed by atoms with E-state index in [1.54, 1.807) is 22.7 Å². The smallest absolute Gasteiger partial charge is 0.356 e. The molecule has 0 saturated carbocycles. The third-order valence-corrected chi connectivity index (χ3v) is 5.41. The van der Waals surface area contributed by atoms with Gasteiger partial charge in [-0.15, -0.1) is 0 Å². The van der Waals surface area contributed by atoms with Crippen LogP contribution in [0.1, 0.15) is 35.1 Å². The Balaban J connectivity index is 2.06. The van der Waals surface area contributed by atoms with Crippen molar-refractivity contribution in [2.24, 2.45) is 0 Å². The number of carboxylic acid groups (broad SMARTS) is 1. The average Bonchev–Trinajstić information content (AvgIpc) is 2.79. The van der Waals surface area contributed by atoms with Crippen LogP contribution in [0, 0.1) is 0 Å². The van der Waals surface area contributed by atoms with E-state index in [1.165, 1.54) is 0 Å². The average molecular weight is 294 g/mol. The van der Waals surface area contributed by atoms with Crippen molar-refractivity contribution in [1.82, 2.24) is 9.38 Å². The number of hydrogen-bond donors (Lipinski definition) is 1. The molecule has 0 spiro atoms. The number of imidazole rings is 1. The number of fused-ring (bicyclic) bond motifs is 1. The van der Waals surface area contributed by atoms with E-state index < -0.39 is 15.8 Å². The van der Waals surface area contributed by atoms with Crippen LogP contribution in [0.25, 0.3) is 5.52 Å². The van der Waals surface area contributed by atoms with Crippen LogP contribution >= 0.6 is 0 Å². The number of aromatic nitrogens is 2. The number of pyridine rings is 1. The van der Waals surface area contributed by atoms with Crippen molar-refractivity contribution in [3.63, 3.8) is 0 Å². The van der Waals surface area contributed by atoms with Crippen LogP contribution in [0.3, 0.4) is 0 Å². The number of carbonyl (C=O) groups is 1. The Bertz CT molecular complexity index is 765. The van der Waals surface area contributed by atoms with Crippen LogP contribution in [0.15, 0.2) is 24.4 Å². The predicted molar refractivity (Wildman–Crippen MR) is 72.8 cm³/mol.